The van der Waals surface area contributed by atoms with Crippen LogP contribution in [0.25, 0.3) is 0 Å². The van der Waals surface area contributed by atoms with Gasteiger partial charge >= 0.3 is 0 Å². The molecule has 0 aliphatic carbocycles. The fourth-order valence-electron chi connectivity index (χ4n) is 2.50. The highest BCUT2D eigenvalue weighted by atomic mass is 79.9. The normalized spacial score (nSPS) is 20.4. The van der Waals surface area contributed by atoms with Crippen LogP contribution >= 0.6 is 15.9 Å². The molecule has 106 valence electrons. The molecular formula is C14H20BrNO2S. The molecule has 1 aromatic carbocycles. The zero-order chi connectivity index (χ0) is 14.0. The lowest BCUT2D eigenvalue weighted by atomic mass is 9.96. The molecule has 1 aliphatic heterocycles. The molecule has 0 bridgehead atoms. The summed E-state index contributed by atoms with van der Waals surface area (Å²) in [5.74, 6) is 0.573. The minimum atomic E-state index is -3.32. The van der Waals surface area contributed by atoms with Crippen molar-refractivity contribution in [3.8, 4) is 0 Å². The summed E-state index contributed by atoms with van der Waals surface area (Å²) in [7, 11) is -3.32. The maximum absolute atomic E-state index is 12.5. The van der Waals surface area contributed by atoms with Gasteiger partial charge in [0.1, 0.15) is 0 Å². The lowest BCUT2D eigenvalue weighted by Crippen LogP contribution is -2.39. The summed E-state index contributed by atoms with van der Waals surface area (Å²) in [6.07, 6.45) is 1.86. The SMILES string of the molecule is Cc1cccc(S(=O)(=O)N2CCC(C(C)Br)CC2)c1. The highest BCUT2D eigenvalue weighted by molar-refractivity contribution is 9.09. The monoisotopic (exact) mass is 345 g/mol. The van der Waals surface area contributed by atoms with Crippen molar-refractivity contribution in [2.75, 3.05) is 13.1 Å². The Labute approximate surface area is 124 Å². The number of hydrogen-bond donors (Lipinski definition) is 0. The standard InChI is InChI=1S/C14H20BrNO2S/c1-11-4-3-5-14(10-11)19(17,18)16-8-6-13(7-9-16)12(2)15/h3-5,10,12-13H,6-9H2,1-2H3. The van der Waals surface area contributed by atoms with Gasteiger partial charge in [0, 0.05) is 17.9 Å². The zero-order valence-electron chi connectivity index (χ0n) is 11.3. The number of piperidine rings is 1. The molecule has 2 rings (SSSR count). The maximum Gasteiger partial charge on any atom is 0.243 e. The quantitative estimate of drug-likeness (QED) is 0.789. The van der Waals surface area contributed by atoms with Crippen LogP contribution in [0.5, 0.6) is 0 Å². The van der Waals surface area contributed by atoms with Crippen LogP contribution in [0.4, 0.5) is 0 Å². The van der Waals surface area contributed by atoms with Gasteiger partial charge < -0.3 is 0 Å². The van der Waals surface area contributed by atoms with Crippen molar-refractivity contribution in [3.63, 3.8) is 0 Å². The van der Waals surface area contributed by atoms with E-state index in [2.05, 4.69) is 22.9 Å². The summed E-state index contributed by atoms with van der Waals surface area (Å²) in [6, 6.07) is 7.14. The minimum Gasteiger partial charge on any atom is -0.207 e. The topological polar surface area (TPSA) is 37.4 Å². The maximum atomic E-state index is 12.5. The zero-order valence-corrected chi connectivity index (χ0v) is 13.7. The molecular weight excluding hydrogens is 326 g/mol. The molecule has 5 heteroatoms. The Kier molecular flexibility index (Phi) is 4.69. The van der Waals surface area contributed by atoms with Crippen molar-refractivity contribution < 1.29 is 8.42 Å². The van der Waals surface area contributed by atoms with E-state index in [9.17, 15) is 8.42 Å². The Bertz CT molecular complexity index is 534. The number of aryl methyl sites for hydroxylation is 1. The highest BCUT2D eigenvalue weighted by Crippen LogP contribution is 2.28. The Morgan fingerprint density at radius 2 is 1.95 bits per heavy atom. The average molecular weight is 346 g/mol. The first-order chi connectivity index (χ1) is 8.91. The minimum absolute atomic E-state index is 0.415. The van der Waals surface area contributed by atoms with Gasteiger partial charge in [-0.05, 0) is 43.4 Å². The first-order valence-corrected chi connectivity index (χ1v) is 8.97. The lowest BCUT2D eigenvalue weighted by Gasteiger charge is -2.32. The average Bonchev–Trinajstić information content (AvgIpc) is 2.39. The fraction of sp³-hybridized carbons (Fsp3) is 0.571. The van der Waals surface area contributed by atoms with E-state index in [-0.39, 0.29) is 0 Å². The van der Waals surface area contributed by atoms with Crippen LogP contribution in [0, 0.1) is 12.8 Å². The van der Waals surface area contributed by atoms with Gasteiger partial charge in [0.25, 0.3) is 0 Å². The number of rotatable bonds is 3. The lowest BCUT2D eigenvalue weighted by molar-refractivity contribution is 0.275. The molecule has 19 heavy (non-hydrogen) atoms. The number of nitrogens with zero attached hydrogens (tertiary/aromatic N) is 1. The van der Waals surface area contributed by atoms with Crippen LogP contribution in [0.3, 0.4) is 0 Å². The summed E-state index contributed by atoms with van der Waals surface area (Å²) >= 11 is 3.59. The summed E-state index contributed by atoms with van der Waals surface area (Å²) in [6.45, 7) is 5.29. The third kappa shape index (κ3) is 3.38. The summed E-state index contributed by atoms with van der Waals surface area (Å²) < 4.78 is 26.7. The van der Waals surface area contributed by atoms with Gasteiger partial charge in [0.15, 0.2) is 0 Å². The third-order valence-corrected chi connectivity index (χ3v) is 6.42. The molecule has 1 atom stereocenters. The van der Waals surface area contributed by atoms with Gasteiger partial charge in [-0.1, -0.05) is 35.0 Å². The number of hydrogen-bond acceptors (Lipinski definition) is 2. The molecule has 1 fully saturated rings. The molecule has 0 amide bonds. The predicted octanol–water partition coefficient (Wildman–Crippen LogP) is 3.18. The van der Waals surface area contributed by atoms with Gasteiger partial charge in [0.2, 0.25) is 10.0 Å². The van der Waals surface area contributed by atoms with Gasteiger partial charge in [-0.15, -0.1) is 0 Å². The van der Waals surface area contributed by atoms with E-state index < -0.39 is 10.0 Å². The predicted molar refractivity (Wildman–Crippen MR) is 81.1 cm³/mol. The molecule has 0 radical (unpaired) electrons. The van der Waals surface area contributed by atoms with Gasteiger partial charge in [-0.25, -0.2) is 8.42 Å². The highest BCUT2D eigenvalue weighted by Gasteiger charge is 2.30. The van der Waals surface area contributed by atoms with E-state index in [4.69, 9.17) is 0 Å². The Morgan fingerprint density at radius 1 is 1.32 bits per heavy atom. The third-order valence-electron chi connectivity index (χ3n) is 3.78. The van der Waals surface area contributed by atoms with Crippen molar-refractivity contribution in [3.05, 3.63) is 29.8 Å². The van der Waals surface area contributed by atoms with Crippen molar-refractivity contribution in [2.45, 2.75) is 36.4 Å². The first-order valence-electron chi connectivity index (χ1n) is 6.62. The van der Waals surface area contributed by atoms with Crippen LogP contribution in [0.1, 0.15) is 25.3 Å². The van der Waals surface area contributed by atoms with E-state index in [1.54, 1.807) is 22.5 Å². The molecule has 3 nitrogen and oxygen atoms in total. The molecule has 0 N–H and O–H groups in total. The Balaban J connectivity index is 2.14. The van der Waals surface area contributed by atoms with Crippen molar-refractivity contribution in [1.82, 2.24) is 4.31 Å². The van der Waals surface area contributed by atoms with Crippen LogP contribution in [0.15, 0.2) is 29.2 Å². The fourth-order valence-corrected chi connectivity index (χ4v) is 4.60. The molecule has 1 aliphatic rings. The second-order valence-corrected chi connectivity index (χ2v) is 8.62. The van der Waals surface area contributed by atoms with Crippen LogP contribution in [-0.4, -0.2) is 30.6 Å². The van der Waals surface area contributed by atoms with Gasteiger partial charge in [-0.2, -0.15) is 4.31 Å². The molecule has 1 saturated heterocycles. The second-order valence-electron chi connectivity index (χ2n) is 5.24. The molecule has 1 heterocycles. The second kappa shape index (κ2) is 5.94. The van der Waals surface area contributed by atoms with E-state index >= 15 is 0 Å². The number of halogens is 1. The molecule has 0 spiro atoms. The number of sulfonamides is 1. The van der Waals surface area contributed by atoms with E-state index in [1.807, 2.05) is 13.0 Å². The van der Waals surface area contributed by atoms with Crippen molar-refractivity contribution in [2.24, 2.45) is 5.92 Å². The van der Waals surface area contributed by atoms with E-state index in [1.165, 1.54) is 0 Å². The van der Waals surface area contributed by atoms with E-state index in [0.29, 0.717) is 28.7 Å². The largest absolute Gasteiger partial charge is 0.243 e. The molecule has 0 saturated carbocycles. The molecule has 1 unspecified atom stereocenters. The number of benzene rings is 1. The van der Waals surface area contributed by atoms with Crippen LogP contribution in [-0.2, 0) is 10.0 Å². The molecule has 1 aromatic rings. The molecule has 0 aromatic heterocycles. The first kappa shape index (κ1) is 15.0. The Morgan fingerprint density at radius 3 is 2.47 bits per heavy atom. The van der Waals surface area contributed by atoms with Gasteiger partial charge in [-0.3, -0.25) is 0 Å². The van der Waals surface area contributed by atoms with Gasteiger partial charge in [0.05, 0.1) is 4.90 Å². The van der Waals surface area contributed by atoms with E-state index in [0.717, 1.165) is 18.4 Å². The Hall–Kier alpha value is -0.390. The number of alkyl halides is 1. The summed E-state index contributed by atoms with van der Waals surface area (Å²) in [5, 5.41) is 0. The van der Waals surface area contributed by atoms with Crippen LogP contribution in [0.2, 0.25) is 0 Å². The van der Waals surface area contributed by atoms with Crippen LogP contribution < -0.4 is 0 Å². The summed E-state index contributed by atoms with van der Waals surface area (Å²) in [4.78, 5) is 0.870. The van der Waals surface area contributed by atoms with Crippen molar-refractivity contribution >= 4 is 26.0 Å². The summed E-state index contributed by atoms with van der Waals surface area (Å²) in [5.41, 5.74) is 0.977. The smallest absolute Gasteiger partial charge is 0.207 e. The van der Waals surface area contributed by atoms with Crippen molar-refractivity contribution in [1.29, 1.82) is 0 Å².